The van der Waals surface area contributed by atoms with Crippen molar-refractivity contribution in [3.05, 3.63) is 59.2 Å². The second-order valence-corrected chi connectivity index (χ2v) is 4.61. The van der Waals surface area contributed by atoms with Gasteiger partial charge < -0.3 is 0 Å². The van der Waals surface area contributed by atoms with Gasteiger partial charge in [-0.25, -0.2) is 0 Å². The second kappa shape index (κ2) is 3.53. The number of fused-ring (bicyclic) bond motifs is 3. The van der Waals surface area contributed by atoms with Crippen LogP contribution in [0.1, 0.15) is 17.0 Å². The van der Waals surface area contributed by atoms with E-state index in [1.807, 2.05) is 0 Å². The molecule has 0 radical (unpaired) electrons. The lowest BCUT2D eigenvalue weighted by Gasteiger charge is -2.23. The summed E-state index contributed by atoms with van der Waals surface area (Å²) in [4.78, 5) is 0. The van der Waals surface area contributed by atoms with Crippen LogP contribution >= 0.6 is 11.6 Å². The van der Waals surface area contributed by atoms with Crippen molar-refractivity contribution < 1.29 is 0 Å². The van der Waals surface area contributed by atoms with Crippen molar-refractivity contribution in [1.82, 2.24) is 0 Å². The van der Waals surface area contributed by atoms with Crippen LogP contribution in [0.4, 0.5) is 0 Å². The largest absolute Gasteiger partial charge is 0.126 e. The Morgan fingerprint density at radius 3 is 3.00 bits per heavy atom. The molecule has 0 fully saturated rings. The summed E-state index contributed by atoms with van der Waals surface area (Å²) in [5.41, 5.74) is 4.50. The summed E-state index contributed by atoms with van der Waals surface area (Å²) in [6.07, 6.45) is 7.76. The van der Waals surface area contributed by atoms with Gasteiger partial charge in [-0.3, -0.25) is 0 Å². The highest BCUT2D eigenvalue weighted by molar-refractivity contribution is 6.18. The van der Waals surface area contributed by atoms with Gasteiger partial charge in [-0.1, -0.05) is 48.1 Å². The van der Waals surface area contributed by atoms with Crippen LogP contribution in [0.5, 0.6) is 0 Å². The van der Waals surface area contributed by atoms with Crippen LogP contribution in [0.15, 0.2) is 48.1 Å². The number of hydrogen-bond donors (Lipinski definition) is 0. The highest BCUT2D eigenvalue weighted by Crippen LogP contribution is 2.44. The molecule has 0 N–H and O–H groups in total. The maximum atomic E-state index is 6.03. The minimum absolute atomic E-state index is 0.482. The summed E-state index contributed by atoms with van der Waals surface area (Å²) in [6.45, 7) is 0. The van der Waals surface area contributed by atoms with Gasteiger partial charge in [0.2, 0.25) is 0 Å². The van der Waals surface area contributed by atoms with Gasteiger partial charge in [0.15, 0.2) is 0 Å². The summed E-state index contributed by atoms with van der Waals surface area (Å²) in [5.74, 6) is 1.74. The summed E-state index contributed by atoms with van der Waals surface area (Å²) in [5, 5.41) is 0. The van der Waals surface area contributed by atoms with Crippen molar-refractivity contribution in [2.45, 2.75) is 12.3 Å². The Bertz CT molecular complexity index is 442. The van der Waals surface area contributed by atoms with Gasteiger partial charge in [-0.15, -0.1) is 11.6 Å². The normalized spacial score (nSPS) is 27.1. The summed E-state index contributed by atoms with van der Waals surface area (Å²) < 4.78 is 0. The van der Waals surface area contributed by atoms with Crippen LogP contribution < -0.4 is 0 Å². The van der Waals surface area contributed by atoms with Crippen molar-refractivity contribution >= 4 is 11.6 Å². The number of benzene rings is 1. The lowest BCUT2D eigenvalue weighted by Crippen LogP contribution is -2.13. The fourth-order valence-electron chi connectivity index (χ4n) is 2.77. The molecule has 2 aliphatic rings. The lowest BCUT2D eigenvalue weighted by molar-refractivity contribution is 0.625. The van der Waals surface area contributed by atoms with E-state index in [0.29, 0.717) is 17.7 Å². The molecule has 2 atom stereocenters. The summed E-state index contributed by atoms with van der Waals surface area (Å²) >= 11 is 6.03. The number of rotatable bonds is 1. The fourth-order valence-corrected chi connectivity index (χ4v) is 3.05. The van der Waals surface area contributed by atoms with Gasteiger partial charge in [-0.2, -0.15) is 0 Å². The first-order valence-electron chi connectivity index (χ1n) is 5.41. The molecule has 0 saturated carbocycles. The molecule has 1 heteroatoms. The Morgan fingerprint density at radius 2 is 2.13 bits per heavy atom. The van der Waals surface area contributed by atoms with Gasteiger partial charge in [0.1, 0.15) is 0 Å². The number of hydrogen-bond acceptors (Lipinski definition) is 0. The average Bonchev–Trinajstić information content (AvgIpc) is 2.67. The zero-order chi connectivity index (χ0) is 10.3. The molecule has 15 heavy (non-hydrogen) atoms. The van der Waals surface area contributed by atoms with Crippen LogP contribution in [0.3, 0.4) is 0 Å². The highest BCUT2D eigenvalue weighted by Gasteiger charge is 2.32. The van der Waals surface area contributed by atoms with Crippen LogP contribution in [0.2, 0.25) is 0 Å². The smallest absolute Gasteiger partial charge is 0.0295 e. The van der Waals surface area contributed by atoms with E-state index in [2.05, 4.69) is 42.5 Å². The van der Waals surface area contributed by atoms with E-state index in [1.54, 1.807) is 0 Å². The molecule has 0 amide bonds. The Morgan fingerprint density at radius 1 is 1.27 bits per heavy atom. The lowest BCUT2D eigenvalue weighted by atomic mass is 9.82. The second-order valence-electron chi connectivity index (χ2n) is 4.30. The number of alkyl halides is 1. The van der Waals surface area contributed by atoms with E-state index in [9.17, 15) is 0 Å². The predicted molar refractivity (Wildman–Crippen MR) is 64.3 cm³/mol. The number of halogens is 1. The first-order valence-corrected chi connectivity index (χ1v) is 5.94. The van der Waals surface area contributed by atoms with E-state index >= 15 is 0 Å². The quantitative estimate of drug-likeness (QED) is 0.629. The molecule has 2 aliphatic carbocycles. The predicted octanol–water partition coefficient (Wildman–Crippen LogP) is 3.68. The van der Waals surface area contributed by atoms with Crippen molar-refractivity contribution in [2.75, 3.05) is 5.88 Å². The molecular weight excluding hydrogens is 204 g/mol. The van der Waals surface area contributed by atoms with Gasteiger partial charge in [-0.05, 0) is 17.5 Å². The zero-order valence-electron chi connectivity index (χ0n) is 8.49. The van der Waals surface area contributed by atoms with Crippen LogP contribution in [-0.4, -0.2) is 5.88 Å². The minimum Gasteiger partial charge on any atom is -0.126 e. The highest BCUT2D eigenvalue weighted by atomic mass is 35.5. The topological polar surface area (TPSA) is 0 Å². The fraction of sp³-hybridized carbons (Fsp3) is 0.286. The van der Waals surface area contributed by atoms with Crippen LogP contribution in [0.25, 0.3) is 0 Å². The maximum absolute atomic E-state index is 6.03. The Hall–Kier alpha value is -1.01. The number of allylic oxidation sites excluding steroid dienone is 4. The molecule has 0 bridgehead atoms. The van der Waals surface area contributed by atoms with E-state index in [-0.39, 0.29) is 0 Å². The van der Waals surface area contributed by atoms with E-state index < -0.39 is 0 Å². The Kier molecular flexibility index (Phi) is 2.17. The molecule has 0 nitrogen and oxygen atoms in total. The monoisotopic (exact) mass is 216 g/mol. The Balaban J connectivity index is 2.09. The Labute approximate surface area is 95.3 Å². The van der Waals surface area contributed by atoms with Crippen LogP contribution in [0, 0.1) is 5.92 Å². The van der Waals surface area contributed by atoms with Gasteiger partial charge in [0.05, 0.1) is 0 Å². The third-order valence-electron chi connectivity index (χ3n) is 3.46. The molecular formula is C14H13Cl. The molecule has 0 spiro atoms. The van der Waals surface area contributed by atoms with Crippen molar-refractivity contribution in [2.24, 2.45) is 5.92 Å². The molecule has 2 unspecified atom stereocenters. The van der Waals surface area contributed by atoms with Gasteiger partial charge >= 0.3 is 0 Å². The summed E-state index contributed by atoms with van der Waals surface area (Å²) in [7, 11) is 0. The van der Waals surface area contributed by atoms with E-state index in [1.165, 1.54) is 16.7 Å². The summed E-state index contributed by atoms with van der Waals surface area (Å²) in [6, 6.07) is 8.74. The molecule has 76 valence electrons. The molecule has 0 saturated heterocycles. The van der Waals surface area contributed by atoms with Crippen LogP contribution in [-0.2, 0) is 6.42 Å². The van der Waals surface area contributed by atoms with Gasteiger partial charge in [0.25, 0.3) is 0 Å². The maximum Gasteiger partial charge on any atom is 0.0295 e. The SMILES string of the molecule is ClCC1C=CC=C2Cc3ccccc3C21. The molecule has 0 heterocycles. The molecule has 1 aromatic rings. The standard InChI is InChI=1S/C14H13Cl/c15-9-12-6-3-5-11-8-10-4-1-2-7-13(10)14(11)12/h1-7,12,14H,8-9H2. The van der Waals surface area contributed by atoms with Crippen molar-refractivity contribution in [3.8, 4) is 0 Å². The van der Waals surface area contributed by atoms with Crippen molar-refractivity contribution in [3.63, 3.8) is 0 Å². The minimum atomic E-state index is 0.482. The molecule has 3 rings (SSSR count). The first kappa shape index (κ1) is 9.23. The van der Waals surface area contributed by atoms with Gasteiger partial charge in [0, 0.05) is 17.7 Å². The zero-order valence-corrected chi connectivity index (χ0v) is 9.24. The first-order chi connectivity index (χ1) is 7.40. The molecule has 0 aromatic heterocycles. The van der Waals surface area contributed by atoms with E-state index in [4.69, 9.17) is 11.6 Å². The van der Waals surface area contributed by atoms with E-state index in [0.717, 1.165) is 6.42 Å². The molecule has 0 aliphatic heterocycles. The third-order valence-corrected chi connectivity index (χ3v) is 3.82. The molecule has 1 aromatic carbocycles. The average molecular weight is 217 g/mol. The third kappa shape index (κ3) is 1.36. The van der Waals surface area contributed by atoms with Crippen molar-refractivity contribution in [1.29, 1.82) is 0 Å².